The van der Waals surface area contributed by atoms with E-state index in [1.165, 1.54) is 0 Å². The number of anilines is 1. The van der Waals surface area contributed by atoms with Crippen LogP contribution in [0.2, 0.25) is 0 Å². The molecule has 1 aromatic heterocycles. The fourth-order valence-electron chi connectivity index (χ4n) is 1.89. The summed E-state index contributed by atoms with van der Waals surface area (Å²) in [6.07, 6.45) is 0. The number of amidine groups is 1. The lowest BCUT2D eigenvalue weighted by Gasteiger charge is -2.24. The second-order valence-electron chi connectivity index (χ2n) is 3.76. The summed E-state index contributed by atoms with van der Waals surface area (Å²) in [7, 11) is 1.75. The maximum absolute atomic E-state index is 9.01. The normalized spacial score (nSPS) is 10.6. The van der Waals surface area contributed by atoms with E-state index in [-0.39, 0.29) is 19.0 Å². The molecule has 0 aliphatic rings. The van der Waals surface area contributed by atoms with Crippen LogP contribution < -0.4 is 10.6 Å². The van der Waals surface area contributed by atoms with Crippen LogP contribution in [0.4, 0.5) is 5.82 Å². The molecule has 0 saturated heterocycles. The largest absolute Gasteiger partial charge is 0.395 e. The predicted molar refractivity (Wildman–Crippen MR) is 65.3 cm³/mol. The molecule has 0 saturated carbocycles. The lowest BCUT2D eigenvalue weighted by atomic mass is 10.2. The Morgan fingerprint density at radius 3 is 2.35 bits per heavy atom. The number of nitrogens with zero attached hydrogens (tertiary/aromatic N) is 3. The van der Waals surface area contributed by atoms with Gasteiger partial charge in [-0.3, -0.25) is 10.1 Å². The van der Waals surface area contributed by atoms with E-state index >= 15 is 0 Å². The summed E-state index contributed by atoms with van der Waals surface area (Å²) < 4.78 is 1.61. The zero-order chi connectivity index (χ0) is 13.0. The van der Waals surface area contributed by atoms with Crippen molar-refractivity contribution in [2.24, 2.45) is 12.8 Å². The van der Waals surface area contributed by atoms with Gasteiger partial charge in [0.25, 0.3) is 0 Å². The Morgan fingerprint density at radius 1 is 1.41 bits per heavy atom. The third-order valence-corrected chi connectivity index (χ3v) is 2.50. The first-order valence-corrected chi connectivity index (χ1v) is 5.37. The molecule has 0 aliphatic heterocycles. The summed E-state index contributed by atoms with van der Waals surface area (Å²) in [4.78, 5) is 1.76. The minimum Gasteiger partial charge on any atom is -0.395 e. The zero-order valence-electron chi connectivity index (χ0n) is 10.1. The number of nitrogens with one attached hydrogen (secondary N) is 1. The van der Waals surface area contributed by atoms with Gasteiger partial charge in [0.2, 0.25) is 0 Å². The number of aliphatic hydroxyl groups is 2. The molecule has 1 heterocycles. The van der Waals surface area contributed by atoms with Crippen molar-refractivity contribution in [3.8, 4) is 0 Å². The number of hydrogen-bond donors (Lipinski definition) is 4. The maximum atomic E-state index is 9.01. The molecule has 0 amide bonds. The first-order chi connectivity index (χ1) is 8.02. The molecule has 5 N–H and O–H groups in total. The quantitative estimate of drug-likeness (QED) is 0.369. The number of rotatable bonds is 6. The molecule has 0 fully saturated rings. The van der Waals surface area contributed by atoms with Crippen LogP contribution in [0.5, 0.6) is 0 Å². The highest BCUT2D eigenvalue weighted by Crippen LogP contribution is 2.22. The average molecular weight is 241 g/mol. The standard InChI is InChI=1S/C10H19N5O2/c1-7-8(9(11)12)10(14(2)13-7)15(3-5-16)4-6-17/h16-17H,3-6H2,1-2H3,(H3,11,12). The Morgan fingerprint density at radius 2 is 1.94 bits per heavy atom. The van der Waals surface area contributed by atoms with Crippen molar-refractivity contribution in [3.63, 3.8) is 0 Å². The summed E-state index contributed by atoms with van der Waals surface area (Å²) in [5.41, 5.74) is 6.75. The van der Waals surface area contributed by atoms with E-state index < -0.39 is 0 Å². The average Bonchev–Trinajstić information content (AvgIpc) is 2.53. The van der Waals surface area contributed by atoms with Crippen LogP contribution in [0.25, 0.3) is 0 Å². The summed E-state index contributed by atoms with van der Waals surface area (Å²) in [5, 5.41) is 29.8. The van der Waals surface area contributed by atoms with Gasteiger partial charge in [0.15, 0.2) is 0 Å². The van der Waals surface area contributed by atoms with E-state index in [1.807, 2.05) is 0 Å². The Kier molecular flexibility index (Phi) is 4.47. The molecule has 1 aromatic rings. The van der Waals surface area contributed by atoms with Gasteiger partial charge < -0.3 is 20.8 Å². The molecule has 0 aromatic carbocycles. The monoisotopic (exact) mass is 241 g/mol. The third kappa shape index (κ3) is 2.75. The highest BCUT2D eigenvalue weighted by Gasteiger charge is 2.20. The van der Waals surface area contributed by atoms with Gasteiger partial charge in [0.1, 0.15) is 11.7 Å². The van der Waals surface area contributed by atoms with Crippen molar-refractivity contribution in [2.45, 2.75) is 6.92 Å². The highest BCUT2D eigenvalue weighted by molar-refractivity contribution is 6.00. The van der Waals surface area contributed by atoms with Crippen molar-refractivity contribution in [1.82, 2.24) is 9.78 Å². The zero-order valence-corrected chi connectivity index (χ0v) is 10.1. The molecule has 7 heteroatoms. The van der Waals surface area contributed by atoms with Gasteiger partial charge in [0, 0.05) is 20.1 Å². The highest BCUT2D eigenvalue weighted by atomic mass is 16.3. The number of aliphatic hydroxyl groups excluding tert-OH is 2. The minimum absolute atomic E-state index is 0.0401. The molecule has 17 heavy (non-hydrogen) atoms. The van der Waals surface area contributed by atoms with E-state index in [4.69, 9.17) is 21.4 Å². The van der Waals surface area contributed by atoms with Crippen molar-refractivity contribution in [2.75, 3.05) is 31.2 Å². The minimum atomic E-state index is -0.0634. The summed E-state index contributed by atoms with van der Waals surface area (Å²) in [6, 6.07) is 0. The van der Waals surface area contributed by atoms with Gasteiger partial charge in [-0.15, -0.1) is 0 Å². The second-order valence-corrected chi connectivity index (χ2v) is 3.76. The topological polar surface area (TPSA) is 111 Å². The second kappa shape index (κ2) is 5.65. The van der Waals surface area contributed by atoms with Gasteiger partial charge >= 0.3 is 0 Å². The van der Waals surface area contributed by atoms with Crippen molar-refractivity contribution < 1.29 is 10.2 Å². The number of nitrogen functional groups attached to an aromatic ring is 1. The molecule has 1 rings (SSSR count). The van der Waals surface area contributed by atoms with Gasteiger partial charge in [-0.1, -0.05) is 0 Å². The number of aromatic nitrogens is 2. The lowest BCUT2D eigenvalue weighted by molar-refractivity contribution is 0.280. The summed E-state index contributed by atoms with van der Waals surface area (Å²) in [5.74, 6) is 0.588. The van der Waals surface area contributed by atoms with Gasteiger partial charge in [0.05, 0.1) is 24.5 Å². The molecule has 96 valence electrons. The summed E-state index contributed by atoms with van der Waals surface area (Å²) >= 11 is 0. The first kappa shape index (κ1) is 13.5. The molecule has 0 spiro atoms. The third-order valence-electron chi connectivity index (χ3n) is 2.50. The lowest BCUT2D eigenvalue weighted by Crippen LogP contribution is -2.33. The van der Waals surface area contributed by atoms with Gasteiger partial charge in [-0.2, -0.15) is 5.10 Å². The Labute approximate surface area is 100.0 Å². The van der Waals surface area contributed by atoms with Crippen LogP contribution in [0.3, 0.4) is 0 Å². The maximum Gasteiger partial charge on any atom is 0.138 e. The number of hydrogen-bond acceptors (Lipinski definition) is 5. The first-order valence-electron chi connectivity index (χ1n) is 5.37. The molecule has 0 atom stereocenters. The van der Waals surface area contributed by atoms with E-state index in [9.17, 15) is 0 Å². The van der Waals surface area contributed by atoms with Gasteiger partial charge in [-0.05, 0) is 6.92 Å². The van der Waals surface area contributed by atoms with Crippen molar-refractivity contribution >= 4 is 11.7 Å². The molecule has 7 nitrogen and oxygen atoms in total. The predicted octanol–water partition coefficient (Wildman–Crippen LogP) is -1.20. The molecular formula is C10H19N5O2. The number of aryl methyl sites for hydroxylation is 2. The fraction of sp³-hybridized carbons (Fsp3) is 0.600. The SMILES string of the molecule is Cc1nn(C)c(N(CCO)CCO)c1C(=N)N. The van der Waals surface area contributed by atoms with Crippen molar-refractivity contribution in [3.05, 3.63) is 11.3 Å². The van der Waals surface area contributed by atoms with Gasteiger partial charge in [-0.25, -0.2) is 0 Å². The number of nitrogens with two attached hydrogens (primary N) is 1. The molecule has 0 radical (unpaired) electrons. The van der Waals surface area contributed by atoms with Crippen LogP contribution in [-0.2, 0) is 7.05 Å². The Hall–Kier alpha value is -1.60. The molecule has 0 unspecified atom stereocenters. The Bertz CT molecular complexity index is 396. The Balaban J connectivity index is 3.20. The van der Waals surface area contributed by atoms with E-state index in [2.05, 4.69) is 5.10 Å². The molecule has 0 bridgehead atoms. The van der Waals surface area contributed by atoms with E-state index in [1.54, 1.807) is 23.6 Å². The van der Waals surface area contributed by atoms with E-state index in [0.717, 1.165) is 0 Å². The smallest absolute Gasteiger partial charge is 0.138 e. The van der Waals surface area contributed by atoms with Crippen LogP contribution in [0.1, 0.15) is 11.3 Å². The fourth-order valence-corrected chi connectivity index (χ4v) is 1.89. The summed E-state index contributed by atoms with van der Waals surface area (Å²) in [6.45, 7) is 2.42. The molecule has 0 aliphatic carbocycles. The van der Waals surface area contributed by atoms with Crippen LogP contribution >= 0.6 is 0 Å². The van der Waals surface area contributed by atoms with Crippen LogP contribution in [0, 0.1) is 12.3 Å². The molecular weight excluding hydrogens is 222 g/mol. The van der Waals surface area contributed by atoms with Crippen LogP contribution in [-0.4, -0.2) is 52.1 Å². The van der Waals surface area contributed by atoms with Crippen molar-refractivity contribution in [1.29, 1.82) is 5.41 Å². The van der Waals surface area contributed by atoms with Crippen LogP contribution in [0.15, 0.2) is 0 Å². The van der Waals surface area contributed by atoms with E-state index in [0.29, 0.717) is 30.2 Å².